The molecule has 0 aliphatic carbocycles. The van der Waals surface area contributed by atoms with Crippen molar-refractivity contribution >= 4 is 40.3 Å². The van der Waals surface area contributed by atoms with Crippen molar-refractivity contribution in [3.05, 3.63) is 33.4 Å². The van der Waals surface area contributed by atoms with E-state index in [1.807, 2.05) is 37.6 Å². The number of hydrogen-bond acceptors (Lipinski definition) is 2. The quantitative estimate of drug-likeness (QED) is 0.789. The molecule has 0 aromatic heterocycles. The average molecular weight is 335 g/mol. The molecular weight excluding hydrogens is 321 g/mol. The van der Waals surface area contributed by atoms with Crippen molar-refractivity contribution in [3.63, 3.8) is 0 Å². The minimum Gasteiger partial charge on any atom is -0.341 e. The first kappa shape index (κ1) is 12.8. The number of rotatable bonds is 4. The molecule has 2 nitrogen and oxygen atoms in total. The molecule has 0 atom stereocenters. The molecule has 0 saturated carbocycles. The summed E-state index contributed by atoms with van der Waals surface area (Å²) >= 11 is 3.97. The van der Waals surface area contributed by atoms with Crippen molar-refractivity contribution in [1.82, 2.24) is 4.90 Å². The van der Waals surface area contributed by atoms with Gasteiger partial charge in [-0.3, -0.25) is 4.79 Å². The van der Waals surface area contributed by atoms with E-state index in [0.717, 1.165) is 21.4 Å². The Morgan fingerprint density at radius 1 is 1.53 bits per heavy atom. The van der Waals surface area contributed by atoms with E-state index in [-0.39, 0.29) is 5.91 Å². The topological polar surface area (TPSA) is 20.3 Å². The molecule has 1 rings (SSSR count). The van der Waals surface area contributed by atoms with Gasteiger partial charge in [-0.2, -0.15) is 11.8 Å². The third kappa shape index (κ3) is 4.03. The van der Waals surface area contributed by atoms with E-state index in [1.165, 1.54) is 0 Å². The SMILES string of the molecule is CSCCN(C)C(=O)c1cccc(I)c1. The molecule has 82 valence electrons. The van der Waals surface area contributed by atoms with Crippen molar-refractivity contribution in [3.8, 4) is 0 Å². The van der Waals surface area contributed by atoms with Gasteiger partial charge in [-0.25, -0.2) is 0 Å². The summed E-state index contributed by atoms with van der Waals surface area (Å²) < 4.78 is 1.09. The second-order valence-corrected chi connectivity index (χ2v) is 5.46. The van der Waals surface area contributed by atoms with Crippen LogP contribution in [-0.2, 0) is 0 Å². The highest BCUT2D eigenvalue weighted by molar-refractivity contribution is 14.1. The molecule has 0 spiro atoms. The third-order valence-electron chi connectivity index (χ3n) is 2.05. The lowest BCUT2D eigenvalue weighted by molar-refractivity contribution is 0.0803. The Kier molecular flexibility index (Phi) is 5.45. The average Bonchev–Trinajstić information content (AvgIpc) is 2.24. The van der Waals surface area contributed by atoms with Crippen LogP contribution in [0.3, 0.4) is 0 Å². The fraction of sp³-hybridized carbons (Fsp3) is 0.364. The third-order valence-corrected chi connectivity index (χ3v) is 3.31. The molecule has 1 aromatic carbocycles. The highest BCUT2D eigenvalue weighted by Crippen LogP contribution is 2.10. The van der Waals surface area contributed by atoms with Crippen LogP contribution >= 0.6 is 34.4 Å². The number of nitrogens with zero attached hydrogens (tertiary/aromatic N) is 1. The van der Waals surface area contributed by atoms with E-state index >= 15 is 0 Å². The van der Waals surface area contributed by atoms with Crippen molar-refractivity contribution in [2.24, 2.45) is 0 Å². The molecule has 0 N–H and O–H groups in total. The van der Waals surface area contributed by atoms with E-state index < -0.39 is 0 Å². The Bertz CT molecular complexity index is 343. The first-order valence-electron chi connectivity index (χ1n) is 4.65. The number of carbonyl (C=O) groups excluding carboxylic acids is 1. The number of halogens is 1. The summed E-state index contributed by atoms with van der Waals surface area (Å²) in [5.41, 5.74) is 0.769. The molecule has 1 amide bonds. The zero-order valence-electron chi connectivity index (χ0n) is 8.87. The molecule has 0 bridgehead atoms. The van der Waals surface area contributed by atoms with Gasteiger partial charge >= 0.3 is 0 Å². The Hall–Kier alpha value is -0.230. The van der Waals surface area contributed by atoms with E-state index in [1.54, 1.807) is 16.7 Å². The summed E-state index contributed by atoms with van der Waals surface area (Å²) in [6.07, 6.45) is 2.05. The molecule has 0 fully saturated rings. The van der Waals surface area contributed by atoms with Gasteiger partial charge < -0.3 is 4.90 Å². The maximum Gasteiger partial charge on any atom is 0.253 e. The van der Waals surface area contributed by atoms with Crippen molar-refractivity contribution < 1.29 is 4.79 Å². The van der Waals surface area contributed by atoms with Gasteiger partial charge in [0, 0.05) is 28.5 Å². The number of thioether (sulfide) groups is 1. The number of carbonyl (C=O) groups is 1. The van der Waals surface area contributed by atoms with Crippen molar-refractivity contribution in [1.29, 1.82) is 0 Å². The van der Waals surface area contributed by atoms with E-state index in [4.69, 9.17) is 0 Å². The van der Waals surface area contributed by atoms with Gasteiger partial charge in [0.2, 0.25) is 0 Å². The van der Waals surface area contributed by atoms with Crippen LogP contribution in [0.25, 0.3) is 0 Å². The van der Waals surface area contributed by atoms with Crippen LogP contribution in [0.15, 0.2) is 24.3 Å². The summed E-state index contributed by atoms with van der Waals surface area (Å²) in [6, 6.07) is 7.68. The highest BCUT2D eigenvalue weighted by atomic mass is 127. The maximum absolute atomic E-state index is 11.9. The number of amides is 1. The fourth-order valence-electron chi connectivity index (χ4n) is 1.17. The van der Waals surface area contributed by atoms with E-state index in [0.29, 0.717) is 0 Å². The Morgan fingerprint density at radius 2 is 2.27 bits per heavy atom. The predicted octanol–water partition coefficient (Wildman–Crippen LogP) is 2.73. The summed E-state index contributed by atoms with van der Waals surface area (Å²) in [6.45, 7) is 0.797. The fourth-order valence-corrected chi connectivity index (χ4v) is 2.17. The molecule has 0 unspecified atom stereocenters. The van der Waals surface area contributed by atoms with Crippen LogP contribution in [0.4, 0.5) is 0 Å². The smallest absolute Gasteiger partial charge is 0.253 e. The summed E-state index contributed by atoms with van der Waals surface area (Å²) in [5, 5.41) is 0. The maximum atomic E-state index is 11.9. The second-order valence-electron chi connectivity index (χ2n) is 3.23. The van der Waals surface area contributed by atoms with Gasteiger partial charge in [0.05, 0.1) is 0 Å². The van der Waals surface area contributed by atoms with Gasteiger partial charge in [0.25, 0.3) is 5.91 Å². The molecule has 4 heteroatoms. The van der Waals surface area contributed by atoms with Crippen LogP contribution in [0.2, 0.25) is 0 Å². The molecule has 15 heavy (non-hydrogen) atoms. The van der Waals surface area contributed by atoms with Gasteiger partial charge in [-0.05, 0) is 47.0 Å². The normalized spacial score (nSPS) is 10.1. The first-order valence-corrected chi connectivity index (χ1v) is 7.12. The van der Waals surface area contributed by atoms with Crippen LogP contribution in [0, 0.1) is 3.57 Å². The van der Waals surface area contributed by atoms with Crippen LogP contribution < -0.4 is 0 Å². The lowest BCUT2D eigenvalue weighted by atomic mass is 10.2. The molecule has 0 radical (unpaired) electrons. The summed E-state index contributed by atoms with van der Waals surface area (Å²) in [7, 11) is 1.85. The minimum atomic E-state index is 0.0996. The zero-order valence-corrected chi connectivity index (χ0v) is 11.8. The zero-order chi connectivity index (χ0) is 11.3. The predicted molar refractivity (Wildman–Crippen MR) is 74.5 cm³/mol. The highest BCUT2D eigenvalue weighted by Gasteiger charge is 2.10. The van der Waals surface area contributed by atoms with Gasteiger partial charge in [-0.15, -0.1) is 0 Å². The lowest BCUT2D eigenvalue weighted by Gasteiger charge is -2.16. The molecule has 0 aliphatic heterocycles. The van der Waals surface area contributed by atoms with Gasteiger partial charge in [-0.1, -0.05) is 6.07 Å². The minimum absolute atomic E-state index is 0.0996. The van der Waals surface area contributed by atoms with Crippen molar-refractivity contribution in [2.45, 2.75) is 0 Å². The molecule has 0 heterocycles. The number of hydrogen-bond donors (Lipinski definition) is 0. The molecule has 0 aliphatic rings. The monoisotopic (exact) mass is 335 g/mol. The van der Waals surface area contributed by atoms with Crippen LogP contribution in [0.5, 0.6) is 0 Å². The molecule has 0 saturated heterocycles. The molecular formula is C11H14INOS. The summed E-state index contributed by atoms with van der Waals surface area (Å²) in [5.74, 6) is 1.08. The Labute approximate surface area is 109 Å². The van der Waals surface area contributed by atoms with Gasteiger partial charge in [0.1, 0.15) is 0 Å². The van der Waals surface area contributed by atoms with Crippen LogP contribution in [-0.4, -0.2) is 36.4 Å². The Morgan fingerprint density at radius 3 is 2.87 bits per heavy atom. The molecule has 1 aromatic rings. The largest absolute Gasteiger partial charge is 0.341 e. The Balaban J connectivity index is 2.67. The number of benzene rings is 1. The lowest BCUT2D eigenvalue weighted by Crippen LogP contribution is -2.28. The standard InChI is InChI=1S/C11H14INOS/c1-13(6-7-15-2)11(14)9-4-3-5-10(12)8-9/h3-5,8H,6-7H2,1-2H3. The van der Waals surface area contributed by atoms with E-state index in [9.17, 15) is 4.79 Å². The first-order chi connectivity index (χ1) is 7.15. The summed E-state index contributed by atoms with van der Waals surface area (Å²) in [4.78, 5) is 13.7. The van der Waals surface area contributed by atoms with Crippen LogP contribution in [0.1, 0.15) is 10.4 Å². The van der Waals surface area contributed by atoms with Gasteiger partial charge in [0.15, 0.2) is 0 Å². The second kappa shape index (κ2) is 6.37. The van der Waals surface area contributed by atoms with E-state index in [2.05, 4.69) is 22.6 Å². The van der Waals surface area contributed by atoms with Crippen molar-refractivity contribution in [2.75, 3.05) is 25.6 Å².